The minimum atomic E-state index is -0.928. The third-order valence-corrected chi connectivity index (χ3v) is 8.70. The van der Waals surface area contributed by atoms with Crippen LogP contribution >= 0.6 is 31.9 Å². The van der Waals surface area contributed by atoms with Crippen molar-refractivity contribution >= 4 is 66.9 Å². The molecule has 0 aromatic heterocycles. The Kier molecular flexibility index (Phi) is 8.77. The number of nitrogens with two attached hydrogens (primary N) is 1. The maximum Gasteiger partial charge on any atom is 0.322 e. The van der Waals surface area contributed by atoms with Gasteiger partial charge >= 0.3 is 6.03 Å². The zero-order chi connectivity index (χ0) is 27.6. The number of hydrogen-bond donors (Lipinski definition) is 2. The topological polar surface area (TPSA) is 116 Å². The highest BCUT2D eigenvalue weighted by Crippen LogP contribution is 2.31. The van der Waals surface area contributed by atoms with Gasteiger partial charge in [-0.1, -0.05) is 18.2 Å². The molecule has 3 N–H and O–H groups in total. The average molecular weight is 649 g/mol. The Morgan fingerprint density at radius 3 is 2.37 bits per heavy atom. The molecular formula is C27H31Br2N5O4. The second kappa shape index (κ2) is 11.9. The number of benzene rings is 2. The van der Waals surface area contributed by atoms with Crippen molar-refractivity contribution in [1.82, 2.24) is 14.7 Å². The molecular weight excluding hydrogens is 618 g/mol. The molecule has 2 aromatic rings. The maximum atomic E-state index is 13.6. The highest BCUT2D eigenvalue weighted by molar-refractivity contribution is 9.11. The Bertz CT molecular complexity index is 1240. The van der Waals surface area contributed by atoms with Gasteiger partial charge in [0.15, 0.2) is 5.78 Å². The number of likely N-dealkylation sites (N-methyl/N-ethyl adjacent to an activating group) is 1. The molecule has 11 heteroatoms. The fourth-order valence-corrected chi connectivity index (χ4v) is 6.18. The lowest BCUT2D eigenvalue weighted by Crippen LogP contribution is -2.54. The van der Waals surface area contributed by atoms with Gasteiger partial charge in [0.1, 0.15) is 6.04 Å². The van der Waals surface area contributed by atoms with Gasteiger partial charge in [-0.25, -0.2) is 4.79 Å². The van der Waals surface area contributed by atoms with E-state index in [0.717, 1.165) is 17.7 Å². The number of ketones is 1. The summed E-state index contributed by atoms with van der Waals surface area (Å²) >= 11 is 6.70. The summed E-state index contributed by atoms with van der Waals surface area (Å²) in [5.41, 5.74) is 8.75. The molecule has 4 rings (SSSR count). The normalized spacial score (nSPS) is 16.8. The van der Waals surface area contributed by atoms with Gasteiger partial charge in [-0.3, -0.25) is 14.4 Å². The number of carbonyl (C=O) groups is 4. The minimum absolute atomic E-state index is 0.00320. The van der Waals surface area contributed by atoms with E-state index in [4.69, 9.17) is 5.73 Å². The van der Waals surface area contributed by atoms with Crippen molar-refractivity contribution in [3.63, 3.8) is 0 Å². The first-order valence-electron chi connectivity index (χ1n) is 12.5. The third kappa shape index (κ3) is 6.04. The Hall–Kier alpha value is -2.92. The number of nitrogens with zero attached hydrogens (tertiary/aromatic N) is 3. The molecule has 0 spiro atoms. The number of amides is 4. The molecule has 1 unspecified atom stereocenters. The van der Waals surface area contributed by atoms with E-state index in [1.165, 1.54) is 11.8 Å². The van der Waals surface area contributed by atoms with E-state index in [9.17, 15) is 19.2 Å². The predicted octanol–water partition coefficient (Wildman–Crippen LogP) is 4.29. The molecule has 2 aromatic carbocycles. The molecule has 4 amide bonds. The summed E-state index contributed by atoms with van der Waals surface area (Å²) in [7, 11) is 1.54. The predicted molar refractivity (Wildman–Crippen MR) is 153 cm³/mol. The van der Waals surface area contributed by atoms with Gasteiger partial charge in [0.05, 0.1) is 5.69 Å². The summed E-state index contributed by atoms with van der Waals surface area (Å²) in [4.78, 5) is 56.8. The van der Waals surface area contributed by atoms with Crippen molar-refractivity contribution in [2.24, 2.45) is 0 Å². The molecule has 1 saturated heterocycles. The fraction of sp³-hybridized carbons (Fsp3) is 0.407. The lowest BCUT2D eigenvalue weighted by atomic mass is 9.98. The van der Waals surface area contributed by atoms with Gasteiger partial charge < -0.3 is 25.8 Å². The van der Waals surface area contributed by atoms with E-state index in [-0.39, 0.29) is 36.1 Å². The van der Waals surface area contributed by atoms with Crippen LogP contribution in [0, 0.1) is 0 Å². The summed E-state index contributed by atoms with van der Waals surface area (Å²) in [5.74, 6) is -0.837. The minimum Gasteiger partial charge on any atom is -0.397 e. The van der Waals surface area contributed by atoms with Gasteiger partial charge in [0.2, 0.25) is 11.8 Å². The van der Waals surface area contributed by atoms with Crippen molar-refractivity contribution in [2.45, 2.75) is 44.7 Å². The molecule has 2 aliphatic rings. The van der Waals surface area contributed by atoms with Gasteiger partial charge in [-0.2, -0.15) is 0 Å². The standard InChI is InChI=1S/C27H31Br2N5O4/c1-16(35)32(2)23(15-24(36)18-13-20(28)25(30)21(29)14-18)26(37)33-10-8-19(9-11-33)34-12-7-17-5-3-4-6-22(17)31-27(34)38/h3-6,13-14,19,23H,7-12,15,30H2,1-2H3,(H,31,38). The van der Waals surface area contributed by atoms with Crippen molar-refractivity contribution in [1.29, 1.82) is 0 Å². The van der Waals surface area contributed by atoms with Crippen molar-refractivity contribution in [3.05, 3.63) is 56.5 Å². The van der Waals surface area contributed by atoms with Crippen LogP contribution in [-0.4, -0.2) is 77.1 Å². The van der Waals surface area contributed by atoms with Crippen LogP contribution in [0.15, 0.2) is 45.3 Å². The van der Waals surface area contributed by atoms with Crippen LogP contribution in [0.2, 0.25) is 0 Å². The number of likely N-dealkylation sites (tertiary alicyclic amines) is 1. The maximum absolute atomic E-state index is 13.6. The van der Waals surface area contributed by atoms with Crippen molar-refractivity contribution < 1.29 is 19.2 Å². The molecule has 0 radical (unpaired) electrons. The van der Waals surface area contributed by atoms with Crippen LogP contribution in [0.1, 0.15) is 42.1 Å². The van der Waals surface area contributed by atoms with Crippen molar-refractivity contribution in [2.75, 3.05) is 37.7 Å². The Labute approximate surface area is 239 Å². The highest BCUT2D eigenvalue weighted by atomic mass is 79.9. The average Bonchev–Trinajstić information content (AvgIpc) is 3.07. The van der Waals surface area contributed by atoms with Crippen LogP contribution in [0.3, 0.4) is 0 Å². The van der Waals surface area contributed by atoms with Crippen LogP contribution in [0.25, 0.3) is 0 Å². The molecule has 0 bridgehead atoms. The first-order chi connectivity index (χ1) is 18.1. The summed E-state index contributed by atoms with van der Waals surface area (Å²) in [6.45, 7) is 2.87. The molecule has 38 heavy (non-hydrogen) atoms. The number of fused-ring (bicyclic) bond motifs is 1. The molecule has 0 aliphatic carbocycles. The van der Waals surface area contributed by atoms with Gasteiger partial charge in [-0.15, -0.1) is 0 Å². The lowest BCUT2D eigenvalue weighted by Gasteiger charge is -2.40. The number of urea groups is 1. The summed E-state index contributed by atoms with van der Waals surface area (Å²) < 4.78 is 1.14. The molecule has 9 nitrogen and oxygen atoms in total. The molecule has 2 heterocycles. The number of nitrogens with one attached hydrogen (secondary N) is 1. The number of nitrogen functional groups attached to an aromatic ring is 1. The number of halogens is 2. The first kappa shape index (κ1) is 28.1. The van der Waals surface area contributed by atoms with Crippen LogP contribution in [0.5, 0.6) is 0 Å². The molecule has 1 atom stereocenters. The third-order valence-electron chi connectivity index (χ3n) is 7.39. The van der Waals surface area contributed by atoms with Gasteiger partial charge in [-0.05, 0) is 74.9 Å². The van der Waals surface area contributed by atoms with Gasteiger partial charge in [0.25, 0.3) is 0 Å². The zero-order valence-corrected chi connectivity index (χ0v) is 24.5. The second-order valence-corrected chi connectivity index (χ2v) is 11.4. The van der Waals surface area contributed by atoms with E-state index in [0.29, 0.717) is 52.7 Å². The Morgan fingerprint density at radius 2 is 1.74 bits per heavy atom. The number of piperidine rings is 1. The van der Waals surface area contributed by atoms with Crippen LogP contribution in [-0.2, 0) is 16.0 Å². The van der Waals surface area contributed by atoms with Gasteiger partial charge in [0, 0.05) is 66.3 Å². The lowest BCUT2D eigenvalue weighted by molar-refractivity contribution is -0.144. The first-order valence-corrected chi connectivity index (χ1v) is 14.1. The number of carbonyl (C=O) groups excluding carboxylic acids is 4. The Morgan fingerprint density at radius 1 is 1.11 bits per heavy atom. The molecule has 2 aliphatic heterocycles. The van der Waals surface area contributed by atoms with E-state index in [2.05, 4.69) is 37.2 Å². The van der Waals surface area contributed by atoms with Crippen molar-refractivity contribution in [3.8, 4) is 0 Å². The summed E-state index contributed by atoms with van der Waals surface area (Å²) in [6, 6.07) is 9.99. The monoisotopic (exact) mass is 647 g/mol. The number of hydrogen-bond acceptors (Lipinski definition) is 5. The van der Waals surface area contributed by atoms with E-state index >= 15 is 0 Å². The smallest absolute Gasteiger partial charge is 0.322 e. The molecule has 0 saturated carbocycles. The largest absolute Gasteiger partial charge is 0.397 e. The molecule has 1 fully saturated rings. The SMILES string of the molecule is CC(=O)N(C)C(CC(=O)c1cc(Br)c(N)c(Br)c1)C(=O)N1CCC(N2CCc3ccccc3NC2=O)CC1. The van der Waals surface area contributed by atoms with E-state index < -0.39 is 6.04 Å². The Balaban J connectivity index is 1.43. The fourth-order valence-electron chi connectivity index (χ4n) is 4.99. The second-order valence-electron chi connectivity index (χ2n) is 9.71. The highest BCUT2D eigenvalue weighted by Gasteiger charge is 2.36. The number of para-hydroxylation sites is 1. The quantitative estimate of drug-likeness (QED) is 0.358. The number of anilines is 2. The van der Waals surface area contributed by atoms with E-state index in [1.54, 1.807) is 24.1 Å². The van der Waals surface area contributed by atoms with Crippen LogP contribution < -0.4 is 11.1 Å². The van der Waals surface area contributed by atoms with Crippen LogP contribution in [0.4, 0.5) is 16.2 Å². The number of Topliss-reactive ketones (excluding diaryl/α,β-unsaturated/α-hetero) is 1. The zero-order valence-electron chi connectivity index (χ0n) is 21.4. The van der Waals surface area contributed by atoms with E-state index in [1.807, 2.05) is 29.2 Å². The molecule has 202 valence electrons. The summed E-state index contributed by atoms with van der Waals surface area (Å²) in [5, 5.41) is 3.01. The summed E-state index contributed by atoms with van der Waals surface area (Å²) in [6.07, 6.45) is 1.86. The number of rotatable bonds is 6.